The van der Waals surface area contributed by atoms with E-state index in [0.29, 0.717) is 11.4 Å². The Bertz CT molecular complexity index is 617. The van der Waals surface area contributed by atoms with Crippen molar-refractivity contribution in [3.8, 4) is 0 Å². The molecule has 0 bridgehead atoms. The number of hydrogen-bond acceptors (Lipinski definition) is 6. The Labute approximate surface area is 149 Å². The van der Waals surface area contributed by atoms with Crippen molar-refractivity contribution in [2.45, 2.75) is 20.8 Å². The molecule has 5 nitrogen and oxygen atoms in total. The number of benzene rings is 1. The van der Waals surface area contributed by atoms with Crippen molar-refractivity contribution in [3.63, 3.8) is 0 Å². The molecule has 1 N–H and O–H groups in total. The van der Waals surface area contributed by atoms with Crippen molar-refractivity contribution < 1.29 is 23.5 Å². The van der Waals surface area contributed by atoms with Gasteiger partial charge in [-0.3, -0.25) is 0 Å². The van der Waals surface area contributed by atoms with Crippen LogP contribution in [0.4, 0.5) is 10.1 Å². The third-order valence-electron chi connectivity index (χ3n) is 2.65. The minimum atomic E-state index is -0.785. The number of esters is 2. The Balaban J connectivity index is 3.28. The zero-order valence-corrected chi connectivity index (χ0v) is 15.2. The zero-order chi connectivity index (χ0) is 18.1. The predicted octanol–water partition coefficient (Wildman–Crippen LogP) is 3.98. The lowest BCUT2D eigenvalue weighted by Gasteiger charge is -2.15. The molecule has 1 aromatic carbocycles. The number of halogens is 2. The second-order valence-electron chi connectivity index (χ2n) is 4.33. The first kappa shape index (κ1) is 20.3. The number of anilines is 1. The summed E-state index contributed by atoms with van der Waals surface area (Å²) in [5.41, 5.74) is 0.203. The van der Waals surface area contributed by atoms with Crippen LogP contribution in [0.3, 0.4) is 0 Å². The van der Waals surface area contributed by atoms with Crippen LogP contribution in [0.1, 0.15) is 20.8 Å². The van der Waals surface area contributed by atoms with Gasteiger partial charge in [-0.05, 0) is 37.8 Å². The number of carbonyl (C=O) groups is 2. The molecule has 0 saturated carbocycles. The summed E-state index contributed by atoms with van der Waals surface area (Å²) in [4.78, 5) is 24.3. The largest absolute Gasteiger partial charge is 0.462 e. The second kappa shape index (κ2) is 10.2. The summed E-state index contributed by atoms with van der Waals surface area (Å²) in [6.45, 7) is 5.38. The highest BCUT2D eigenvalue weighted by Gasteiger charge is 2.26. The second-order valence-corrected chi connectivity index (χ2v) is 6.01. The molecule has 0 aromatic heterocycles. The normalized spacial score (nSPS) is 10.0. The van der Waals surface area contributed by atoms with Crippen LogP contribution in [0.2, 0.25) is 5.02 Å². The van der Waals surface area contributed by atoms with Crippen LogP contribution in [0.25, 0.3) is 0 Å². The molecule has 1 aromatic rings. The first-order chi connectivity index (χ1) is 11.4. The van der Waals surface area contributed by atoms with E-state index in [0.717, 1.165) is 0 Å². The fourth-order valence-electron chi connectivity index (χ4n) is 1.70. The van der Waals surface area contributed by atoms with E-state index < -0.39 is 17.8 Å². The highest BCUT2D eigenvalue weighted by Crippen LogP contribution is 2.27. The summed E-state index contributed by atoms with van der Waals surface area (Å²) in [7, 11) is 0. The van der Waals surface area contributed by atoms with Gasteiger partial charge in [-0.15, -0.1) is 11.8 Å². The molecular formula is C16H19ClFNO4S. The van der Waals surface area contributed by atoms with Crippen LogP contribution in [-0.4, -0.2) is 30.9 Å². The molecule has 0 aliphatic carbocycles. The molecule has 0 heterocycles. The highest BCUT2D eigenvalue weighted by molar-refractivity contribution is 8.03. The van der Waals surface area contributed by atoms with Gasteiger partial charge in [0.2, 0.25) is 0 Å². The van der Waals surface area contributed by atoms with Gasteiger partial charge in [0, 0.05) is 5.69 Å². The fraction of sp³-hybridized carbons (Fsp3) is 0.375. The van der Waals surface area contributed by atoms with E-state index in [4.69, 9.17) is 21.1 Å². The Morgan fingerprint density at radius 1 is 1.17 bits per heavy atom. The number of rotatable bonds is 8. The minimum Gasteiger partial charge on any atom is -0.462 e. The molecule has 0 amide bonds. The Hall–Kier alpha value is -1.73. The van der Waals surface area contributed by atoms with Gasteiger partial charge in [0.25, 0.3) is 0 Å². The van der Waals surface area contributed by atoms with Gasteiger partial charge in [-0.2, -0.15) is 0 Å². The third kappa shape index (κ3) is 5.72. The highest BCUT2D eigenvalue weighted by atomic mass is 35.5. The van der Waals surface area contributed by atoms with E-state index in [-0.39, 0.29) is 28.8 Å². The summed E-state index contributed by atoms with van der Waals surface area (Å²) in [6, 6.07) is 4.00. The summed E-state index contributed by atoms with van der Waals surface area (Å²) < 4.78 is 23.2. The molecular weight excluding hydrogens is 357 g/mol. The van der Waals surface area contributed by atoms with Crippen molar-refractivity contribution in [2.24, 2.45) is 0 Å². The van der Waals surface area contributed by atoms with E-state index in [2.05, 4.69) is 5.32 Å². The Kier molecular flexibility index (Phi) is 8.63. The lowest BCUT2D eigenvalue weighted by molar-refractivity contribution is -0.146. The summed E-state index contributed by atoms with van der Waals surface area (Å²) in [6.07, 6.45) is 0. The maximum atomic E-state index is 13.3. The number of ether oxygens (including phenoxy) is 2. The topological polar surface area (TPSA) is 64.6 Å². The van der Waals surface area contributed by atoms with Crippen LogP contribution in [0.15, 0.2) is 28.8 Å². The van der Waals surface area contributed by atoms with Crippen LogP contribution < -0.4 is 5.32 Å². The van der Waals surface area contributed by atoms with Gasteiger partial charge < -0.3 is 14.8 Å². The SMILES string of the molecule is CCOC(=O)C(C(=O)OCC)=C(Nc1ccc(F)c(Cl)c1)SCC. The standard InChI is InChI=1S/C16H19ClFNO4S/c1-4-22-15(20)13(16(21)23-5-2)14(24-6-3)19-10-7-8-12(18)11(17)9-10/h7-9,19H,4-6H2,1-3H3. The van der Waals surface area contributed by atoms with Crippen LogP contribution in [-0.2, 0) is 19.1 Å². The smallest absolute Gasteiger partial charge is 0.348 e. The number of hydrogen-bond donors (Lipinski definition) is 1. The van der Waals surface area contributed by atoms with E-state index in [1.54, 1.807) is 13.8 Å². The van der Waals surface area contributed by atoms with Crippen molar-refractivity contribution >= 4 is 41.0 Å². The number of nitrogens with one attached hydrogen (secondary N) is 1. The molecule has 1 rings (SSSR count). The van der Waals surface area contributed by atoms with Gasteiger partial charge in [-0.1, -0.05) is 18.5 Å². The van der Waals surface area contributed by atoms with E-state index in [1.807, 2.05) is 6.92 Å². The molecule has 0 aliphatic rings. The average Bonchev–Trinajstić information content (AvgIpc) is 2.52. The summed E-state index contributed by atoms with van der Waals surface area (Å²) in [5.74, 6) is -1.55. The molecule has 0 spiro atoms. The first-order valence-corrected chi connectivity index (χ1v) is 8.74. The maximum absolute atomic E-state index is 13.3. The number of carbonyl (C=O) groups excluding carboxylic acids is 2. The van der Waals surface area contributed by atoms with Gasteiger partial charge in [-0.25, -0.2) is 14.0 Å². The van der Waals surface area contributed by atoms with Crippen LogP contribution >= 0.6 is 23.4 Å². The lowest BCUT2D eigenvalue weighted by Crippen LogP contribution is -2.22. The van der Waals surface area contributed by atoms with Gasteiger partial charge in [0.1, 0.15) is 5.82 Å². The molecule has 0 radical (unpaired) electrons. The molecule has 8 heteroatoms. The van der Waals surface area contributed by atoms with Gasteiger partial charge in [0.15, 0.2) is 5.57 Å². The monoisotopic (exact) mass is 375 g/mol. The van der Waals surface area contributed by atoms with E-state index >= 15 is 0 Å². The van der Waals surface area contributed by atoms with Crippen molar-refractivity contribution in [1.29, 1.82) is 0 Å². The van der Waals surface area contributed by atoms with Crippen LogP contribution in [0, 0.1) is 5.82 Å². The van der Waals surface area contributed by atoms with Crippen LogP contribution in [0.5, 0.6) is 0 Å². The molecule has 0 unspecified atom stereocenters. The zero-order valence-electron chi connectivity index (χ0n) is 13.7. The molecule has 0 fully saturated rings. The maximum Gasteiger partial charge on any atom is 0.348 e. The van der Waals surface area contributed by atoms with Crippen molar-refractivity contribution in [2.75, 3.05) is 24.3 Å². The third-order valence-corrected chi connectivity index (χ3v) is 3.83. The molecule has 0 aliphatic heterocycles. The first-order valence-electron chi connectivity index (χ1n) is 7.37. The Morgan fingerprint density at radius 2 is 1.75 bits per heavy atom. The average molecular weight is 376 g/mol. The molecule has 0 saturated heterocycles. The quantitative estimate of drug-likeness (QED) is 0.321. The van der Waals surface area contributed by atoms with E-state index in [1.165, 1.54) is 30.0 Å². The van der Waals surface area contributed by atoms with Crippen molar-refractivity contribution in [1.82, 2.24) is 0 Å². The van der Waals surface area contributed by atoms with Crippen molar-refractivity contribution in [3.05, 3.63) is 39.6 Å². The lowest BCUT2D eigenvalue weighted by atomic mass is 10.2. The Morgan fingerprint density at radius 3 is 2.21 bits per heavy atom. The minimum absolute atomic E-state index is 0.0744. The molecule has 132 valence electrons. The molecule has 0 atom stereocenters. The van der Waals surface area contributed by atoms with Gasteiger partial charge in [0.05, 0.1) is 23.3 Å². The summed E-state index contributed by atoms with van der Waals surface area (Å²) >= 11 is 6.99. The predicted molar refractivity (Wildman–Crippen MR) is 93.5 cm³/mol. The molecule has 24 heavy (non-hydrogen) atoms. The van der Waals surface area contributed by atoms with E-state index in [9.17, 15) is 14.0 Å². The number of thioether (sulfide) groups is 1. The fourth-order valence-corrected chi connectivity index (χ4v) is 2.67. The summed E-state index contributed by atoms with van der Waals surface area (Å²) in [5, 5.41) is 3.10. The van der Waals surface area contributed by atoms with Gasteiger partial charge >= 0.3 is 11.9 Å².